The van der Waals surface area contributed by atoms with E-state index in [4.69, 9.17) is 4.74 Å². The van der Waals surface area contributed by atoms with Crippen LogP contribution in [0, 0.1) is 5.82 Å². The molecule has 0 aliphatic carbocycles. The molecular weight excluding hydrogens is 371 g/mol. The summed E-state index contributed by atoms with van der Waals surface area (Å²) in [7, 11) is 0. The van der Waals surface area contributed by atoms with Gasteiger partial charge in [0.2, 0.25) is 0 Å². The number of nitrogens with zero attached hydrogens (tertiary/aromatic N) is 3. The second kappa shape index (κ2) is 8.13. The topological polar surface area (TPSA) is 69.0 Å². The molecule has 2 aromatic carbocycles. The molecule has 0 spiro atoms. The molecule has 1 atom stereocenters. The molecule has 1 aromatic heterocycles. The minimum absolute atomic E-state index is 0.223. The molecule has 2 heterocycles. The lowest BCUT2D eigenvalue weighted by molar-refractivity contribution is -0.00180. The van der Waals surface area contributed by atoms with Crippen LogP contribution in [0.3, 0.4) is 0 Å². The van der Waals surface area contributed by atoms with Crippen molar-refractivity contribution < 1.29 is 13.9 Å². The predicted molar refractivity (Wildman–Crippen MR) is 106 cm³/mol. The smallest absolute Gasteiger partial charge is 0.274 e. The number of carbonyl (C=O) groups excluding carboxylic acids is 1. The van der Waals surface area contributed by atoms with Gasteiger partial charge in [0.15, 0.2) is 5.69 Å². The number of carbonyl (C=O) groups is 1. The van der Waals surface area contributed by atoms with Gasteiger partial charge in [0.05, 0.1) is 18.8 Å². The second-order valence-corrected chi connectivity index (χ2v) is 7.50. The Kier molecular flexibility index (Phi) is 5.40. The Morgan fingerprint density at radius 3 is 2.62 bits per heavy atom. The monoisotopic (exact) mass is 394 g/mol. The van der Waals surface area contributed by atoms with Gasteiger partial charge in [-0.2, -0.15) is 0 Å². The van der Waals surface area contributed by atoms with E-state index < -0.39 is 0 Å². The van der Waals surface area contributed by atoms with E-state index in [0.717, 1.165) is 11.1 Å². The number of halogens is 1. The van der Waals surface area contributed by atoms with Crippen LogP contribution < -0.4 is 5.32 Å². The molecule has 29 heavy (non-hydrogen) atoms. The number of fused-ring (bicyclic) bond motifs is 1. The first-order valence-electron chi connectivity index (χ1n) is 9.67. The first-order chi connectivity index (χ1) is 14.0. The zero-order valence-corrected chi connectivity index (χ0v) is 16.4. The van der Waals surface area contributed by atoms with Crippen molar-refractivity contribution >= 4 is 5.91 Å². The first-order valence-corrected chi connectivity index (χ1v) is 9.67. The Bertz CT molecular complexity index is 997. The van der Waals surface area contributed by atoms with Crippen LogP contribution in [-0.2, 0) is 24.4 Å². The molecule has 4 rings (SSSR count). The normalized spacial score (nSPS) is 15.9. The molecule has 0 saturated heterocycles. The summed E-state index contributed by atoms with van der Waals surface area (Å²) in [6.07, 6.45) is -0.250. The lowest BCUT2D eigenvalue weighted by Gasteiger charge is -2.24. The molecule has 0 saturated carbocycles. The van der Waals surface area contributed by atoms with Crippen LogP contribution in [0.2, 0.25) is 0 Å². The van der Waals surface area contributed by atoms with Gasteiger partial charge in [-0.05, 0) is 34.7 Å². The quantitative estimate of drug-likeness (QED) is 0.716. The molecule has 0 bridgehead atoms. The van der Waals surface area contributed by atoms with Gasteiger partial charge in [-0.25, -0.2) is 9.07 Å². The summed E-state index contributed by atoms with van der Waals surface area (Å²) in [5.41, 5.74) is 4.08. The second-order valence-electron chi connectivity index (χ2n) is 7.50. The third-order valence-electron chi connectivity index (χ3n) is 5.15. The lowest BCUT2D eigenvalue weighted by Crippen LogP contribution is -2.27. The van der Waals surface area contributed by atoms with Crippen LogP contribution in [0.25, 0.3) is 0 Å². The largest absolute Gasteiger partial charge is 0.365 e. The van der Waals surface area contributed by atoms with Crippen molar-refractivity contribution in [2.45, 2.75) is 45.6 Å². The fraction of sp³-hybridized carbons (Fsp3) is 0.318. The Morgan fingerprint density at radius 2 is 1.93 bits per heavy atom. The van der Waals surface area contributed by atoms with Crippen LogP contribution in [0.4, 0.5) is 4.39 Å². The van der Waals surface area contributed by atoms with Crippen LogP contribution >= 0.6 is 0 Å². The summed E-state index contributed by atoms with van der Waals surface area (Å²) in [5, 5.41) is 11.1. The Balaban J connectivity index is 1.40. The van der Waals surface area contributed by atoms with E-state index in [9.17, 15) is 9.18 Å². The standard InChI is InChI=1S/C22H23FN4O2/c1-14(2)16-5-3-15(4-6-16)11-24-22(28)21-19-13-29-20(12-27(19)26-25-21)17-7-9-18(23)10-8-17/h3-10,14,20H,11-13H2,1-2H3,(H,24,28)/t20-/m1/s1. The van der Waals surface area contributed by atoms with Gasteiger partial charge in [-0.15, -0.1) is 5.10 Å². The summed E-state index contributed by atoms with van der Waals surface area (Å²) in [6, 6.07) is 14.4. The third kappa shape index (κ3) is 4.19. The van der Waals surface area contributed by atoms with Gasteiger partial charge in [0, 0.05) is 6.54 Å². The van der Waals surface area contributed by atoms with Crippen molar-refractivity contribution in [2.24, 2.45) is 0 Å². The summed E-state index contributed by atoms with van der Waals surface area (Å²) >= 11 is 0. The molecule has 1 amide bonds. The fourth-order valence-electron chi connectivity index (χ4n) is 3.35. The average molecular weight is 394 g/mol. The van der Waals surface area contributed by atoms with Gasteiger partial charge >= 0.3 is 0 Å². The number of ether oxygens (including phenoxy) is 1. The van der Waals surface area contributed by atoms with Crippen molar-refractivity contribution in [3.05, 3.63) is 82.4 Å². The number of hydrogen-bond donors (Lipinski definition) is 1. The molecule has 0 radical (unpaired) electrons. The molecule has 1 aliphatic heterocycles. The fourth-order valence-corrected chi connectivity index (χ4v) is 3.35. The first kappa shape index (κ1) is 19.3. The zero-order valence-electron chi connectivity index (χ0n) is 16.4. The molecular formula is C22H23FN4O2. The predicted octanol–water partition coefficient (Wildman–Crippen LogP) is 3.74. The molecule has 3 aromatic rings. The van der Waals surface area contributed by atoms with Crippen LogP contribution in [0.5, 0.6) is 0 Å². The van der Waals surface area contributed by atoms with Crippen molar-refractivity contribution in [2.75, 3.05) is 0 Å². The van der Waals surface area contributed by atoms with E-state index in [1.807, 2.05) is 12.1 Å². The Morgan fingerprint density at radius 1 is 1.21 bits per heavy atom. The zero-order chi connectivity index (χ0) is 20.4. The molecule has 150 valence electrons. The number of aromatic nitrogens is 3. The van der Waals surface area contributed by atoms with Crippen molar-refractivity contribution in [1.82, 2.24) is 20.3 Å². The molecule has 0 unspecified atom stereocenters. The molecule has 7 heteroatoms. The van der Waals surface area contributed by atoms with Crippen LogP contribution in [-0.4, -0.2) is 20.9 Å². The maximum atomic E-state index is 13.1. The molecule has 1 N–H and O–H groups in total. The van der Waals surface area contributed by atoms with Gasteiger partial charge in [-0.1, -0.05) is 55.5 Å². The van der Waals surface area contributed by atoms with Gasteiger partial charge < -0.3 is 10.1 Å². The number of benzene rings is 2. The van der Waals surface area contributed by atoms with Gasteiger partial charge in [0.25, 0.3) is 5.91 Å². The van der Waals surface area contributed by atoms with Crippen molar-refractivity contribution in [1.29, 1.82) is 0 Å². The third-order valence-corrected chi connectivity index (χ3v) is 5.15. The minimum atomic E-state index is -0.288. The van der Waals surface area contributed by atoms with Crippen molar-refractivity contribution in [3.8, 4) is 0 Å². The summed E-state index contributed by atoms with van der Waals surface area (Å²) in [6.45, 7) is 5.37. The van der Waals surface area contributed by atoms with Gasteiger partial charge in [0.1, 0.15) is 11.9 Å². The minimum Gasteiger partial charge on any atom is -0.365 e. The highest BCUT2D eigenvalue weighted by atomic mass is 19.1. The highest BCUT2D eigenvalue weighted by Crippen LogP contribution is 2.27. The van der Waals surface area contributed by atoms with E-state index in [0.29, 0.717) is 24.7 Å². The highest BCUT2D eigenvalue weighted by molar-refractivity contribution is 5.93. The van der Waals surface area contributed by atoms with Gasteiger partial charge in [-0.3, -0.25) is 4.79 Å². The van der Waals surface area contributed by atoms with E-state index in [1.165, 1.54) is 17.7 Å². The summed E-state index contributed by atoms with van der Waals surface area (Å²) in [4.78, 5) is 12.6. The Hall–Kier alpha value is -3.06. The van der Waals surface area contributed by atoms with E-state index in [1.54, 1.807) is 16.8 Å². The number of amides is 1. The van der Waals surface area contributed by atoms with Crippen molar-refractivity contribution in [3.63, 3.8) is 0 Å². The van der Waals surface area contributed by atoms with E-state index >= 15 is 0 Å². The maximum Gasteiger partial charge on any atom is 0.274 e. The summed E-state index contributed by atoms with van der Waals surface area (Å²) < 4.78 is 20.7. The van der Waals surface area contributed by atoms with E-state index in [-0.39, 0.29) is 30.1 Å². The number of hydrogen-bond acceptors (Lipinski definition) is 4. The Labute approximate surface area is 168 Å². The molecule has 6 nitrogen and oxygen atoms in total. The number of nitrogens with one attached hydrogen (secondary N) is 1. The average Bonchev–Trinajstić information content (AvgIpc) is 3.16. The molecule has 1 aliphatic rings. The highest BCUT2D eigenvalue weighted by Gasteiger charge is 2.27. The van der Waals surface area contributed by atoms with Crippen LogP contribution in [0.15, 0.2) is 48.5 Å². The number of rotatable bonds is 5. The van der Waals surface area contributed by atoms with Crippen LogP contribution in [0.1, 0.15) is 58.7 Å². The molecule has 0 fully saturated rings. The SMILES string of the molecule is CC(C)c1ccc(CNC(=O)c2nnn3c2CO[C@@H](c2ccc(F)cc2)C3)cc1. The van der Waals surface area contributed by atoms with E-state index in [2.05, 4.69) is 41.6 Å². The summed E-state index contributed by atoms with van der Waals surface area (Å²) in [5.74, 6) is -0.0904. The maximum absolute atomic E-state index is 13.1. The lowest BCUT2D eigenvalue weighted by atomic mass is 10.0.